The Morgan fingerprint density at radius 2 is 2.08 bits per heavy atom. The van der Waals surface area contributed by atoms with Crippen LogP contribution in [-0.4, -0.2) is 26.7 Å². The summed E-state index contributed by atoms with van der Waals surface area (Å²) in [6.45, 7) is 0.911. The number of aryl methyl sites for hydroxylation is 1. The van der Waals surface area contributed by atoms with Gasteiger partial charge in [-0.1, -0.05) is 36.4 Å². The average Bonchev–Trinajstić information content (AvgIpc) is 3.08. The van der Waals surface area contributed by atoms with Gasteiger partial charge in [0.25, 0.3) is 0 Å². The molecular formula is C22H25NO3. The van der Waals surface area contributed by atoms with Crippen LogP contribution in [0.3, 0.4) is 0 Å². The number of carbonyl (C=O) groups is 1. The van der Waals surface area contributed by atoms with Gasteiger partial charge in [-0.3, -0.25) is 0 Å². The number of nitrogens with one attached hydrogen (secondary N) is 1. The van der Waals surface area contributed by atoms with Crippen molar-refractivity contribution < 1.29 is 14.3 Å². The van der Waals surface area contributed by atoms with Gasteiger partial charge in [-0.15, -0.1) is 0 Å². The molecule has 136 valence electrons. The van der Waals surface area contributed by atoms with E-state index in [1.165, 1.54) is 29.9 Å². The lowest BCUT2D eigenvalue weighted by Crippen LogP contribution is -2.22. The molecule has 0 bridgehead atoms. The van der Waals surface area contributed by atoms with Crippen LogP contribution in [0.5, 0.6) is 5.75 Å². The molecule has 0 saturated carbocycles. The highest BCUT2D eigenvalue weighted by atomic mass is 16.5. The molecule has 0 fully saturated rings. The zero-order valence-corrected chi connectivity index (χ0v) is 15.3. The van der Waals surface area contributed by atoms with Gasteiger partial charge in [0.05, 0.1) is 14.2 Å². The van der Waals surface area contributed by atoms with Crippen LogP contribution in [0.15, 0.2) is 48.5 Å². The van der Waals surface area contributed by atoms with Crippen molar-refractivity contribution in [3.8, 4) is 5.75 Å². The van der Waals surface area contributed by atoms with Gasteiger partial charge in [-0.05, 0) is 60.2 Å². The third-order valence-electron chi connectivity index (χ3n) is 4.84. The van der Waals surface area contributed by atoms with Crippen molar-refractivity contribution in [1.29, 1.82) is 0 Å². The number of carbonyl (C=O) groups excluding carboxylic acids is 1. The third-order valence-corrected chi connectivity index (χ3v) is 4.84. The van der Waals surface area contributed by atoms with E-state index < -0.39 is 0 Å². The van der Waals surface area contributed by atoms with Crippen LogP contribution in [-0.2, 0) is 22.4 Å². The van der Waals surface area contributed by atoms with Gasteiger partial charge < -0.3 is 14.8 Å². The molecule has 4 nitrogen and oxygen atoms in total. The molecule has 0 aliphatic heterocycles. The fourth-order valence-corrected chi connectivity index (χ4v) is 3.48. The summed E-state index contributed by atoms with van der Waals surface area (Å²) in [4.78, 5) is 11.2. The number of ether oxygens (including phenoxy) is 2. The Hall–Kier alpha value is -2.59. The highest BCUT2D eigenvalue weighted by Gasteiger charge is 2.21. The highest BCUT2D eigenvalue weighted by molar-refractivity contribution is 5.86. The normalized spacial score (nSPS) is 15.8. The van der Waals surface area contributed by atoms with Crippen LogP contribution in [0.1, 0.15) is 34.7 Å². The molecule has 1 aliphatic carbocycles. The van der Waals surface area contributed by atoms with Crippen molar-refractivity contribution in [1.82, 2.24) is 5.32 Å². The summed E-state index contributed by atoms with van der Waals surface area (Å²) < 4.78 is 10.1. The molecule has 4 heteroatoms. The van der Waals surface area contributed by atoms with E-state index in [4.69, 9.17) is 4.74 Å². The predicted molar refractivity (Wildman–Crippen MR) is 103 cm³/mol. The molecule has 26 heavy (non-hydrogen) atoms. The smallest absolute Gasteiger partial charge is 0.330 e. The Morgan fingerprint density at radius 1 is 1.23 bits per heavy atom. The maximum Gasteiger partial charge on any atom is 0.330 e. The maximum atomic E-state index is 11.2. The van der Waals surface area contributed by atoms with Crippen LogP contribution in [0.25, 0.3) is 6.08 Å². The van der Waals surface area contributed by atoms with E-state index in [1.54, 1.807) is 13.2 Å². The summed E-state index contributed by atoms with van der Waals surface area (Å²) in [5, 5.41) is 3.67. The fourth-order valence-electron chi connectivity index (χ4n) is 3.48. The Balaban J connectivity index is 1.59. The zero-order chi connectivity index (χ0) is 18.4. The van der Waals surface area contributed by atoms with E-state index in [0.717, 1.165) is 37.1 Å². The molecule has 0 spiro atoms. The van der Waals surface area contributed by atoms with Gasteiger partial charge in [-0.2, -0.15) is 0 Å². The first-order valence-electron chi connectivity index (χ1n) is 8.95. The summed E-state index contributed by atoms with van der Waals surface area (Å²) in [6, 6.07) is 14.9. The second-order valence-corrected chi connectivity index (χ2v) is 6.42. The molecule has 0 radical (unpaired) electrons. The Kier molecular flexibility index (Phi) is 6.08. The van der Waals surface area contributed by atoms with Gasteiger partial charge in [0.2, 0.25) is 0 Å². The number of para-hydroxylation sites is 1. The molecule has 2 aromatic carbocycles. The van der Waals surface area contributed by atoms with Gasteiger partial charge in [0, 0.05) is 12.1 Å². The summed E-state index contributed by atoms with van der Waals surface area (Å²) >= 11 is 0. The molecule has 1 aliphatic rings. The monoisotopic (exact) mass is 351 g/mol. The number of rotatable bonds is 7. The van der Waals surface area contributed by atoms with Crippen LogP contribution in [0.2, 0.25) is 0 Å². The minimum Gasteiger partial charge on any atom is -0.496 e. The maximum absolute atomic E-state index is 11.2. The molecule has 1 N–H and O–H groups in total. The van der Waals surface area contributed by atoms with Crippen molar-refractivity contribution in [2.45, 2.75) is 25.3 Å². The van der Waals surface area contributed by atoms with E-state index in [-0.39, 0.29) is 5.97 Å². The zero-order valence-electron chi connectivity index (χ0n) is 15.3. The molecule has 2 aromatic rings. The quantitative estimate of drug-likeness (QED) is 0.610. The van der Waals surface area contributed by atoms with Crippen molar-refractivity contribution in [2.24, 2.45) is 0 Å². The lowest BCUT2D eigenvalue weighted by Gasteiger charge is -2.15. The first kappa shape index (κ1) is 18.2. The van der Waals surface area contributed by atoms with Crippen LogP contribution in [0.4, 0.5) is 0 Å². The topological polar surface area (TPSA) is 47.6 Å². The largest absolute Gasteiger partial charge is 0.496 e. The molecular weight excluding hydrogens is 326 g/mol. The summed E-state index contributed by atoms with van der Waals surface area (Å²) in [7, 11) is 3.10. The molecule has 1 atom stereocenters. The second-order valence-electron chi connectivity index (χ2n) is 6.42. The van der Waals surface area contributed by atoms with E-state index in [0.29, 0.717) is 6.04 Å². The second kappa shape index (κ2) is 8.68. The van der Waals surface area contributed by atoms with Crippen LogP contribution in [0, 0.1) is 0 Å². The van der Waals surface area contributed by atoms with Crippen molar-refractivity contribution in [2.75, 3.05) is 20.8 Å². The minimum atomic E-state index is -0.332. The van der Waals surface area contributed by atoms with Crippen molar-refractivity contribution >= 4 is 12.0 Å². The van der Waals surface area contributed by atoms with Crippen molar-refractivity contribution in [3.63, 3.8) is 0 Å². The SMILES string of the molecule is COC(=O)C=Cc1ccc2c(c1)CCC2NCCc1ccccc1OC. The summed E-state index contributed by atoms with van der Waals surface area (Å²) in [5.41, 5.74) is 4.97. The van der Waals surface area contributed by atoms with E-state index in [2.05, 4.69) is 34.3 Å². The Labute approximate surface area is 154 Å². The lowest BCUT2D eigenvalue weighted by atomic mass is 10.0. The fraction of sp³-hybridized carbons (Fsp3) is 0.318. The van der Waals surface area contributed by atoms with Gasteiger partial charge in [-0.25, -0.2) is 4.79 Å². The van der Waals surface area contributed by atoms with E-state index in [9.17, 15) is 4.79 Å². The lowest BCUT2D eigenvalue weighted by molar-refractivity contribution is -0.134. The van der Waals surface area contributed by atoms with E-state index >= 15 is 0 Å². The number of benzene rings is 2. The molecule has 0 amide bonds. The summed E-state index contributed by atoms with van der Waals surface area (Å²) in [5.74, 6) is 0.615. The number of hydrogen-bond donors (Lipinski definition) is 1. The number of hydrogen-bond acceptors (Lipinski definition) is 4. The van der Waals surface area contributed by atoms with Gasteiger partial charge in [0.15, 0.2) is 0 Å². The van der Waals surface area contributed by atoms with Gasteiger partial charge >= 0.3 is 5.97 Å². The molecule has 0 heterocycles. The standard InChI is InChI=1S/C22H25NO3/c1-25-21-6-4-3-5-17(21)13-14-23-20-11-9-18-15-16(7-10-19(18)20)8-12-22(24)26-2/h3-8,10,12,15,20,23H,9,11,13-14H2,1-2H3. The number of esters is 1. The Bertz CT molecular complexity index is 798. The molecule has 1 unspecified atom stereocenters. The van der Waals surface area contributed by atoms with Crippen LogP contribution >= 0.6 is 0 Å². The molecule has 3 rings (SSSR count). The molecule has 0 aromatic heterocycles. The first-order chi connectivity index (χ1) is 12.7. The number of methoxy groups -OCH3 is 2. The average molecular weight is 351 g/mol. The first-order valence-corrected chi connectivity index (χ1v) is 8.95. The number of fused-ring (bicyclic) bond motifs is 1. The minimum absolute atomic E-state index is 0.332. The molecule has 0 saturated heterocycles. The Morgan fingerprint density at radius 3 is 2.88 bits per heavy atom. The van der Waals surface area contributed by atoms with Crippen molar-refractivity contribution in [3.05, 3.63) is 70.8 Å². The summed E-state index contributed by atoms with van der Waals surface area (Å²) in [6.07, 6.45) is 6.36. The highest BCUT2D eigenvalue weighted by Crippen LogP contribution is 2.32. The van der Waals surface area contributed by atoms with Gasteiger partial charge in [0.1, 0.15) is 5.75 Å². The van der Waals surface area contributed by atoms with Crippen LogP contribution < -0.4 is 10.1 Å². The van der Waals surface area contributed by atoms with E-state index in [1.807, 2.05) is 18.2 Å². The third kappa shape index (κ3) is 4.33. The predicted octanol–water partition coefficient (Wildman–Crippen LogP) is 3.70.